The zero-order valence-corrected chi connectivity index (χ0v) is 11.0. The van der Waals surface area contributed by atoms with Crippen LogP contribution in [0.1, 0.15) is 38.5 Å². The Bertz CT molecular complexity index is 301. The molecule has 0 radical (unpaired) electrons. The van der Waals surface area contributed by atoms with Crippen molar-refractivity contribution in [2.24, 2.45) is 11.8 Å². The number of nitrogens with zero attached hydrogens (tertiary/aromatic N) is 1. The number of halogens is 3. The molecule has 0 atom stereocenters. The van der Waals surface area contributed by atoms with Gasteiger partial charge in [-0.25, -0.2) is 0 Å². The third kappa shape index (κ3) is 3.50. The lowest BCUT2D eigenvalue weighted by molar-refractivity contribution is -0.183. The summed E-state index contributed by atoms with van der Waals surface area (Å²) in [5.74, 6) is -0.641. The van der Waals surface area contributed by atoms with Crippen molar-refractivity contribution in [1.82, 2.24) is 4.90 Å². The minimum atomic E-state index is -3.98. The van der Waals surface area contributed by atoms with E-state index in [0.717, 1.165) is 38.8 Å². The fourth-order valence-electron chi connectivity index (χ4n) is 3.17. The van der Waals surface area contributed by atoms with E-state index in [4.69, 9.17) is 0 Å². The second-order valence-electron chi connectivity index (χ2n) is 5.71. The lowest BCUT2D eigenvalue weighted by atomic mass is 9.77. The number of alkyl halides is 3. The summed E-state index contributed by atoms with van der Waals surface area (Å²) in [6.45, 7) is 2.12. The van der Waals surface area contributed by atoms with Crippen molar-refractivity contribution in [3.63, 3.8) is 0 Å². The zero-order chi connectivity index (χ0) is 13.2. The van der Waals surface area contributed by atoms with Gasteiger partial charge >= 0.3 is 6.18 Å². The van der Waals surface area contributed by atoms with E-state index in [-0.39, 0.29) is 0 Å². The fourth-order valence-corrected chi connectivity index (χ4v) is 3.17. The Kier molecular flexibility index (Phi) is 4.36. The Balaban J connectivity index is 1.88. The highest BCUT2D eigenvalue weighted by molar-refractivity contribution is 5.10. The van der Waals surface area contributed by atoms with Gasteiger partial charge in [0, 0.05) is 13.1 Å². The van der Waals surface area contributed by atoms with Crippen LogP contribution in [0.4, 0.5) is 13.2 Å². The average molecular weight is 261 g/mol. The van der Waals surface area contributed by atoms with Crippen LogP contribution in [0.5, 0.6) is 0 Å². The SMILES string of the molecule is CN1CCC=C(C2CCC(C(F)(F)F)CC2)CC1. The fraction of sp³-hybridized carbons (Fsp3) is 0.857. The van der Waals surface area contributed by atoms with Crippen molar-refractivity contribution in [2.45, 2.75) is 44.7 Å². The van der Waals surface area contributed by atoms with Gasteiger partial charge in [-0.2, -0.15) is 13.2 Å². The number of hydrogen-bond acceptors (Lipinski definition) is 1. The van der Waals surface area contributed by atoms with Gasteiger partial charge < -0.3 is 4.90 Å². The van der Waals surface area contributed by atoms with E-state index in [0.29, 0.717) is 18.8 Å². The largest absolute Gasteiger partial charge is 0.391 e. The van der Waals surface area contributed by atoms with Crippen molar-refractivity contribution >= 4 is 0 Å². The van der Waals surface area contributed by atoms with Crippen LogP contribution in [0.2, 0.25) is 0 Å². The minimum Gasteiger partial charge on any atom is -0.306 e. The molecule has 1 heterocycles. The van der Waals surface area contributed by atoms with Crippen LogP contribution in [0.3, 0.4) is 0 Å². The molecular weight excluding hydrogens is 239 g/mol. The predicted molar refractivity (Wildman–Crippen MR) is 66.3 cm³/mol. The monoisotopic (exact) mass is 261 g/mol. The Morgan fingerprint density at radius 2 is 1.78 bits per heavy atom. The number of rotatable bonds is 1. The molecule has 0 amide bonds. The highest BCUT2D eigenvalue weighted by atomic mass is 19.4. The van der Waals surface area contributed by atoms with Gasteiger partial charge in [0.1, 0.15) is 0 Å². The van der Waals surface area contributed by atoms with E-state index in [9.17, 15) is 13.2 Å². The molecular formula is C14H22F3N. The Labute approximate surface area is 107 Å². The maximum absolute atomic E-state index is 12.6. The predicted octanol–water partition coefficient (Wildman–Crippen LogP) is 4.01. The van der Waals surface area contributed by atoms with E-state index in [1.165, 1.54) is 5.57 Å². The second kappa shape index (κ2) is 5.64. The molecule has 0 bridgehead atoms. The van der Waals surface area contributed by atoms with E-state index >= 15 is 0 Å². The molecule has 2 rings (SSSR count). The summed E-state index contributed by atoms with van der Waals surface area (Å²) in [5, 5.41) is 0. The summed E-state index contributed by atoms with van der Waals surface area (Å²) in [6.07, 6.45) is 2.47. The maximum Gasteiger partial charge on any atom is 0.391 e. The van der Waals surface area contributed by atoms with Gasteiger partial charge in [0.2, 0.25) is 0 Å². The summed E-state index contributed by atoms with van der Waals surface area (Å²) < 4.78 is 37.8. The molecule has 0 aromatic carbocycles. The summed E-state index contributed by atoms with van der Waals surface area (Å²) in [5.41, 5.74) is 1.42. The lowest BCUT2D eigenvalue weighted by Gasteiger charge is -2.31. The van der Waals surface area contributed by atoms with Gasteiger partial charge in [-0.3, -0.25) is 0 Å². The number of hydrogen-bond donors (Lipinski definition) is 0. The van der Waals surface area contributed by atoms with Crippen molar-refractivity contribution in [3.8, 4) is 0 Å². The summed E-state index contributed by atoms with van der Waals surface area (Å²) >= 11 is 0. The molecule has 1 fully saturated rings. The third-order valence-electron chi connectivity index (χ3n) is 4.41. The normalized spacial score (nSPS) is 31.9. The lowest BCUT2D eigenvalue weighted by Crippen LogP contribution is -2.28. The molecule has 0 aromatic heterocycles. The Hall–Kier alpha value is -0.510. The molecule has 0 aromatic rings. The quantitative estimate of drug-likeness (QED) is 0.645. The first-order valence-electron chi connectivity index (χ1n) is 6.91. The van der Waals surface area contributed by atoms with Gasteiger partial charge in [-0.15, -0.1) is 0 Å². The molecule has 104 valence electrons. The van der Waals surface area contributed by atoms with Crippen LogP contribution in [0, 0.1) is 11.8 Å². The average Bonchev–Trinajstić information content (AvgIpc) is 2.53. The molecule has 4 heteroatoms. The van der Waals surface area contributed by atoms with Crippen molar-refractivity contribution < 1.29 is 13.2 Å². The molecule has 1 aliphatic heterocycles. The Morgan fingerprint density at radius 3 is 2.39 bits per heavy atom. The molecule has 1 aliphatic carbocycles. The first-order chi connectivity index (χ1) is 8.47. The third-order valence-corrected chi connectivity index (χ3v) is 4.41. The van der Waals surface area contributed by atoms with Gasteiger partial charge in [-0.05, 0) is 51.5 Å². The molecule has 2 aliphatic rings. The van der Waals surface area contributed by atoms with Gasteiger partial charge in [0.05, 0.1) is 5.92 Å². The molecule has 0 N–H and O–H groups in total. The van der Waals surface area contributed by atoms with E-state index in [2.05, 4.69) is 18.0 Å². The first kappa shape index (κ1) is 13.9. The first-order valence-corrected chi connectivity index (χ1v) is 6.91. The molecule has 0 saturated heterocycles. The highest BCUT2D eigenvalue weighted by Gasteiger charge is 2.41. The van der Waals surface area contributed by atoms with Crippen LogP contribution in [-0.4, -0.2) is 31.2 Å². The van der Waals surface area contributed by atoms with E-state index in [1.54, 1.807) is 0 Å². The van der Waals surface area contributed by atoms with Gasteiger partial charge in [0.25, 0.3) is 0 Å². The minimum absolute atomic E-state index is 0.321. The standard InChI is InChI=1S/C14H22F3N/c1-18-9-2-3-11(8-10-18)12-4-6-13(7-5-12)14(15,16)17/h3,12-13H,2,4-10H2,1H3. The molecule has 0 spiro atoms. The molecule has 18 heavy (non-hydrogen) atoms. The topological polar surface area (TPSA) is 3.24 Å². The second-order valence-corrected chi connectivity index (χ2v) is 5.71. The smallest absolute Gasteiger partial charge is 0.306 e. The zero-order valence-electron chi connectivity index (χ0n) is 11.0. The van der Waals surface area contributed by atoms with Crippen molar-refractivity contribution in [3.05, 3.63) is 11.6 Å². The van der Waals surface area contributed by atoms with Crippen LogP contribution in [0.15, 0.2) is 11.6 Å². The van der Waals surface area contributed by atoms with E-state index < -0.39 is 12.1 Å². The molecule has 1 saturated carbocycles. The van der Waals surface area contributed by atoms with Crippen LogP contribution < -0.4 is 0 Å². The Morgan fingerprint density at radius 1 is 1.11 bits per heavy atom. The van der Waals surface area contributed by atoms with Gasteiger partial charge in [0.15, 0.2) is 0 Å². The highest BCUT2D eigenvalue weighted by Crippen LogP contribution is 2.42. The van der Waals surface area contributed by atoms with Crippen molar-refractivity contribution in [1.29, 1.82) is 0 Å². The summed E-state index contributed by atoms with van der Waals surface area (Å²) in [7, 11) is 2.11. The summed E-state index contributed by atoms with van der Waals surface area (Å²) in [6, 6.07) is 0. The summed E-state index contributed by atoms with van der Waals surface area (Å²) in [4.78, 5) is 2.30. The molecule has 1 nitrogen and oxygen atoms in total. The van der Waals surface area contributed by atoms with Crippen molar-refractivity contribution in [2.75, 3.05) is 20.1 Å². The molecule has 0 unspecified atom stereocenters. The van der Waals surface area contributed by atoms with E-state index in [1.807, 2.05) is 0 Å². The maximum atomic E-state index is 12.6. The van der Waals surface area contributed by atoms with Crippen LogP contribution in [0.25, 0.3) is 0 Å². The van der Waals surface area contributed by atoms with Crippen LogP contribution >= 0.6 is 0 Å². The van der Waals surface area contributed by atoms with Gasteiger partial charge in [-0.1, -0.05) is 11.6 Å². The van der Waals surface area contributed by atoms with Crippen LogP contribution in [-0.2, 0) is 0 Å².